The van der Waals surface area contributed by atoms with E-state index in [0.717, 1.165) is 0 Å². The third-order valence-corrected chi connectivity index (χ3v) is 1.74. The summed E-state index contributed by atoms with van der Waals surface area (Å²) in [6.07, 6.45) is 1.51. The molecule has 0 saturated heterocycles. The molecule has 0 aliphatic carbocycles. The number of phenols is 1. The van der Waals surface area contributed by atoms with Crippen molar-refractivity contribution in [2.24, 2.45) is 0 Å². The Morgan fingerprint density at radius 1 is 1.55 bits per heavy atom. The fraction of sp³-hybridized carbons (Fsp3) is 0. The molecule has 0 unspecified atom stereocenters. The maximum atomic E-state index is 9.12. The Hall–Kier alpha value is -1.15. The van der Waals surface area contributed by atoms with Crippen molar-refractivity contribution in [3.05, 3.63) is 29.3 Å². The zero-order valence-corrected chi connectivity index (χ0v) is 6.60. The lowest BCUT2D eigenvalue weighted by atomic mass is 10.1. The van der Waals surface area contributed by atoms with Gasteiger partial charge in [-0.3, -0.25) is 0 Å². The Bertz CT molecular complexity index is 296. The first-order valence-corrected chi connectivity index (χ1v) is 3.44. The van der Waals surface area contributed by atoms with Crippen molar-refractivity contribution in [3.63, 3.8) is 0 Å². The molecule has 0 spiro atoms. The van der Waals surface area contributed by atoms with Crippen molar-refractivity contribution < 1.29 is 5.11 Å². The Kier molecular flexibility index (Phi) is 2.06. The molecule has 1 aromatic carbocycles. The molecule has 3 heteroatoms. The van der Waals surface area contributed by atoms with Crippen LogP contribution in [0.15, 0.2) is 18.7 Å². The van der Waals surface area contributed by atoms with E-state index < -0.39 is 0 Å². The minimum absolute atomic E-state index is 0.0318. The van der Waals surface area contributed by atoms with Crippen LogP contribution >= 0.6 is 11.6 Å². The number of phenolic OH excluding ortho intramolecular Hbond substituents is 1. The van der Waals surface area contributed by atoms with Crippen LogP contribution in [0.3, 0.4) is 0 Å². The number of nitrogens with two attached hydrogens (primary N) is 1. The summed E-state index contributed by atoms with van der Waals surface area (Å²) in [5.74, 6) is 0.0318. The first kappa shape index (κ1) is 7.95. The fourth-order valence-electron chi connectivity index (χ4n) is 0.806. The highest BCUT2D eigenvalue weighted by atomic mass is 35.5. The van der Waals surface area contributed by atoms with E-state index >= 15 is 0 Å². The molecular weight excluding hydrogens is 162 g/mol. The number of hydrogen-bond donors (Lipinski definition) is 2. The van der Waals surface area contributed by atoms with Crippen LogP contribution in [0.25, 0.3) is 6.08 Å². The van der Waals surface area contributed by atoms with Crippen molar-refractivity contribution in [3.8, 4) is 5.75 Å². The zero-order valence-electron chi connectivity index (χ0n) is 5.84. The lowest BCUT2D eigenvalue weighted by Gasteiger charge is -2.03. The molecule has 0 bridgehead atoms. The summed E-state index contributed by atoms with van der Waals surface area (Å²) in [5.41, 5.74) is 6.33. The number of halogens is 1. The third-order valence-electron chi connectivity index (χ3n) is 1.42. The highest BCUT2D eigenvalue weighted by Crippen LogP contribution is 2.30. The molecule has 0 heterocycles. The molecule has 3 N–H and O–H groups in total. The molecular formula is C8H8ClNO. The van der Waals surface area contributed by atoms with Gasteiger partial charge in [0.25, 0.3) is 0 Å². The summed E-state index contributed by atoms with van der Waals surface area (Å²) in [7, 11) is 0. The molecule has 1 rings (SSSR count). The first-order chi connectivity index (χ1) is 5.16. The lowest BCUT2D eigenvalue weighted by Crippen LogP contribution is -1.90. The van der Waals surface area contributed by atoms with E-state index in [1.165, 1.54) is 12.1 Å². The number of anilines is 1. The number of benzene rings is 1. The highest BCUT2D eigenvalue weighted by Gasteiger charge is 2.04. The second kappa shape index (κ2) is 2.84. The van der Waals surface area contributed by atoms with Crippen molar-refractivity contribution in [2.75, 3.05) is 5.73 Å². The molecule has 0 aliphatic heterocycles. The fourth-order valence-corrected chi connectivity index (χ4v) is 1.05. The second-order valence-corrected chi connectivity index (χ2v) is 2.51. The SMILES string of the molecule is C=Cc1c(Cl)ccc(O)c1N. The van der Waals surface area contributed by atoms with Crippen molar-refractivity contribution in [1.29, 1.82) is 0 Å². The van der Waals surface area contributed by atoms with E-state index in [4.69, 9.17) is 22.4 Å². The largest absolute Gasteiger partial charge is 0.506 e. The number of hydrogen-bond acceptors (Lipinski definition) is 2. The summed E-state index contributed by atoms with van der Waals surface area (Å²) >= 11 is 5.74. The predicted octanol–water partition coefficient (Wildman–Crippen LogP) is 2.27. The number of aromatic hydroxyl groups is 1. The van der Waals surface area contributed by atoms with Gasteiger partial charge in [-0.25, -0.2) is 0 Å². The highest BCUT2D eigenvalue weighted by molar-refractivity contribution is 6.32. The van der Waals surface area contributed by atoms with E-state index in [2.05, 4.69) is 6.58 Å². The maximum absolute atomic E-state index is 9.12. The Balaban J connectivity index is 3.40. The van der Waals surface area contributed by atoms with Crippen LogP contribution in [0, 0.1) is 0 Å². The zero-order chi connectivity index (χ0) is 8.43. The molecule has 11 heavy (non-hydrogen) atoms. The smallest absolute Gasteiger partial charge is 0.139 e. The number of rotatable bonds is 1. The molecule has 1 aromatic rings. The van der Waals surface area contributed by atoms with Crippen molar-refractivity contribution in [2.45, 2.75) is 0 Å². The lowest BCUT2D eigenvalue weighted by molar-refractivity contribution is 0.478. The summed E-state index contributed by atoms with van der Waals surface area (Å²) in [6.45, 7) is 3.52. The van der Waals surface area contributed by atoms with Gasteiger partial charge < -0.3 is 10.8 Å². The number of nitrogen functional groups attached to an aromatic ring is 1. The van der Waals surface area contributed by atoms with E-state index in [1.54, 1.807) is 6.07 Å². The van der Waals surface area contributed by atoms with Gasteiger partial charge in [-0.2, -0.15) is 0 Å². The van der Waals surface area contributed by atoms with Crippen LogP contribution in [0.2, 0.25) is 5.02 Å². The third kappa shape index (κ3) is 1.30. The topological polar surface area (TPSA) is 46.2 Å². The average molecular weight is 170 g/mol. The molecule has 0 saturated carbocycles. The minimum atomic E-state index is 0.0318. The monoisotopic (exact) mass is 169 g/mol. The predicted molar refractivity (Wildman–Crippen MR) is 47.6 cm³/mol. The van der Waals surface area contributed by atoms with Gasteiger partial charge in [0.2, 0.25) is 0 Å². The molecule has 0 fully saturated rings. The Morgan fingerprint density at radius 2 is 2.18 bits per heavy atom. The molecule has 0 aliphatic rings. The minimum Gasteiger partial charge on any atom is -0.506 e. The van der Waals surface area contributed by atoms with Crippen LogP contribution in [0.4, 0.5) is 5.69 Å². The molecule has 0 radical (unpaired) electrons. The molecule has 58 valence electrons. The average Bonchev–Trinajstić information content (AvgIpc) is 1.99. The standard InChI is InChI=1S/C8H8ClNO/c1-2-5-6(9)3-4-7(11)8(5)10/h2-4,11H,1,10H2. The Labute approximate surface area is 69.9 Å². The molecule has 0 aromatic heterocycles. The van der Waals surface area contributed by atoms with E-state index in [1.807, 2.05) is 0 Å². The van der Waals surface area contributed by atoms with Gasteiger partial charge in [0.15, 0.2) is 0 Å². The van der Waals surface area contributed by atoms with E-state index in [0.29, 0.717) is 10.6 Å². The molecule has 2 nitrogen and oxygen atoms in total. The van der Waals surface area contributed by atoms with Crippen molar-refractivity contribution >= 4 is 23.4 Å². The second-order valence-electron chi connectivity index (χ2n) is 2.10. The first-order valence-electron chi connectivity index (χ1n) is 3.06. The van der Waals surface area contributed by atoms with E-state index in [-0.39, 0.29) is 11.4 Å². The summed E-state index contributed by atoms with van der Waals surface area (Å²) < 4.78 is 0. The van der Waals surface area contributed by atoms with E-state index in [9.17, 15) is 0 Å². The van der Waals surface area contributed by atoms with Crippen LogP contribution in [0.5, 0.6) is 5.75 Å². The quantitative estimate of drug-likeness (QED) is 0.501. The van der Waals surface area contributed by atoms with Gasteiger partial charge in [-0.05, 0) is 12.1 Å². The normalized spacial score (nSPS) is 9.55. The van der Waals surface area contributed by atoms with Crippen LogP contribution in [-0.2, 0) is 0 Å². The Morgan fingerprint density at radius 3 is 2.64 bits per heavy atom. The summed E-state index contributed by atoms with van der Waals surface area (Å²) in [6, 6.07) is 3.02. The van der Waals surface area contributed by atoms with Gasteiger partial charge in [0, 0.05) is 5.56 Å². The van der Waals surface area contributed by atoms with Gasteiger partial charge >= 0.3 is 0 Å². The maximum Gasteiger partial charge on any atom is 0.139 e. The molecule has 0 atom stereocenters. The van der Waals surface area contributed by atoms with Gasteiger partial charge in [0.05, 0.1) is 10.7 Å². The summed E-state index contributed by atoms with van der Waals surface area (Å²) in [5, 5.41) is 9.62. The van der Waals surface area contributed by atoms with Gasteiger partial charge in [-0.1, -0.05) is 24.3 Å². The van der Waals surface area contributed by atoms with Gasteiger partial charge in [0.1, 0.15) is 5.75 Å². The van der Waals surface area contributed by atoms with Crippen LogP contribution < -0.4 is 5.73 Å². The molecule has 0 amide bonds. The van der Waals surface area contributed by atoms with Crippen molar-refractivity contribution in [1.82, 2.24) is 0 Å². The van der Waals surface area contributed by atoms with Gasteiger partial charge in [-0.15, -0.1) is 0 Å². The van der Waals surface area contributed by atoms with Crippen LogP contribution in [0.1, 0.15) is 5.56 Å². The van der Waals surface area contributed by atoms with Crippen LogP contribution in [-0.4, -0.2) is 5.11 Å². The summed E-state index contributed by atoms with van der Waals surface area (Å²) in [4.78, 5) is 0.